The van der Waals surface area contributed by atoms with Crippen LogP contribution in [0.2, 0.25) is 0 Å². The van der Waals surface area contributed by atoms with Crippen molar-refractivity contribution in [3.05, 3.63) is 11.7 Å². The van der Waals surface area contributed by atoms with E-state index in [1.54, 1.807) is 0 Å². The molecule has 0 bridgehead atoms. The van der Waals surface area contributed by atoms with Gasteiger partial charge in [-0.2, -0.15) is 4.98 Å². The first-order chi connectivity index (χ1) is 10.4. The van der Waals surface area contributed by atoms with Crippen LogP contribution in [0.15, 0.2) is 9.68 Å². The molecule has 4 rings (SSSR count). The Morgan fingerprint density at radius 2 is 2.19 bits per heavy atom. The fourth-order valence-electron chi connectivity index (χ4n) is 2.06. The highest BCUT2D eigenvalue weighted by Gasteiger charge is 2.28. The highest BCUT2D eigenvalue weighted by atomic mass is 32.2. The summed E-state index contributed by atoms with van der Waals surface area (Å²) in [6.07, 6.45) is 4.94. The molecule has 2 aliphatic carbocycles. The molecule has 1 N–H and O–H groups in total. The van der Waals surface area contributed by atoms with Gasteiger partial charge in [-0.3, -0.25) is 0 Å². The lowest BCUT2D eigenvalue weighted by Crippen LogP contribution is -2.22. The molecule has 0 saturated heterocycles. The molecular formula is C12H17N7OS. The number of nitrogens with zero attached hydrogens (tertiary/aromatic N) is 6. The van der Waals surface area contributed by atoms with E-state index >= 15 is 0 Å². The van der Waals surface area contributed by atoms with E-state index in [4.69, 9.17) is 4.52 Å². The van der Waals surface area contributed by atoms with Gasteiger partial charge >= 0.3 is 0 Å². The Bertz CT molecular complexity index is 604. The molecule has 2 aromatic rings. The van der Waals surface area contributed by atoms with Crippen molar-refractivity contribution >= 4 is 11.8 Å². The van der Waals surface area contributed by atoms with Crippen molar-refractivity contribution in [2.45, 2.75) is 55.1 Å². The zero-order chi connectivity index (χ0) is 14.1. The summed E-state index contributed by atoms with van der Waals surface area (Å²) in [5, 5.41) is 20.1. The lowest BCUT2D eigenvalue weighted by Gasteiger charge is -2.04. The maximum absolute atomic E-state index is 5.25. The molecule has 0 unspecified atom stereocenters. The lowest BCUT2D eigenvalue weighted by atomic mass is 10.4. The van der Waals surface area contributed by atoms with Crippen molar-refractivity contribution in [2.24, 2.45) is 0 Å². The summed E-state index contributed by atoms with van der Waals surface area (Å²) >= 11 is 1.53. The van der Waals surface area contributed by atoms with Crippen LogP contribution in [0.3, 0.4) is 0 Å². The quantitative estimate of drug-likeness (QED) is 0.721. The monoisotopic (exact) mass is 307 g/mol. The van der Waals surface area contributed by atoms with E-state index in [-0.39, 0.29) is 0 Å². The van der Waals surface area contributed by atoms with Crippen LogP contribution in [-0.2, 0) is 12.3 Å². The maximum atomic E-state index is 5.25. The van der Waals surface area contributed by atoms with Crippen LogP contribution in [0.4, 0.5) is 0 Å². The van der Waals surface area contributed by atoms with Gasteiger partial charge < -0.3 is 9.84 Å². The van der Waals surface area contributed by atoms with E-state index in [1.807, 2.05) is 4.68 Å². The molecule has 0 amide bonds. The summed E-state index contributed by atoms with van der Waals surface area (Å²) in [7, 11) is 0. The van der Waals surface area contributed by atoms with Crippen molar-refractivity contribution in [3.8, 4) is 0 Å². The number of thioether (sulfide) groups is 1. The van der Waals surface area contributed by atoms with Crippen molar-refractivity contribution in [2.75, 3.05) is 6.54 Å². The van der Waals surface area contributed by atoms with Crippen molar-refractivity contribution < 1.29 is 4.52 Å². The molecule has 2 heterocycles. The second kappa shape index (κ2) is 5.72. The smallest absolute Gasteiger partial charge is 0.237 e. The predicted octanol–water partition coefficient (Wildman–Crippen LogP) is 0.978. The molecule has 9 heteroatoms. The molecule has 2 fully saturated rings. The van der Waals surface area contributed by atoms with E-state index < -0.39 is 0 Å². The number of tetrazole rings is 1. The summed E-state index contributed by atoms with van der Waals surface area (Å²) < 4.78 is 7.07. The fourth-order valence-corrected chi connectivity index (χ4v) is 2.80. The lowest BCUT2D eigenvalue weighted by molar-refractivity contribution is 0.385. The van der Waals surface area contributed by atoms with Gasteiger partial charge in [0.1, 0.15) is 0 Å². The molecule has 0 aromatic carbocycles. The van der Waals surface area contributed by atoms with Gasteiger partial charge in [0.25, 0.3) is 0 Å². The first kappa shape index (κ1) is 13.2. The average Bonchev–Trinajstić information content (AvgIpc) is 3.41. The number of nitrogens with one attached hydrogen (secondary N) is 1. The van der Waals surface area contributed by atoms with Gasteiger partial charge in [-0.15, -0.1) is 5.10 Å². The Balaban J connectivity index is 1.29. The van der Waals surface area contributed by atoms with Crippen LogP contribution < -0.4 is 5.32 Å². The molecular weight excluding hydrogens is 290 g/mol. The molecule has 8 nitrogen and oxygen atoms in total. The third-order valence-corrected chi connectivity index (χ3v) is 4.53. The molecule has 112 valence electrons. The molecule has 0 radical (unpaired) electrons. The maximum Gasteiger partial charge on any atom is 0.237 e. The summed E-state index contributed by atoms with van der Waals surface area (Å²) in [6, 6.07) is 0.705. The highest BCUT2D eigenvalue weighted by Crippen LogP contribution is 2.38. The fraction of sp³-hybridized carbons (Fsp3) is 0.750. The molecule has 2 aromatic heterocycles. The van der Waals surface area contributed by atoms with E-state index in [9.17, 15) is 0 Å². The Kier molecular flexibility index (Phi) is 3.60. The predicted molar refractivity (Wildman–Crippen MR) is 74.7 cm³/mol. The van der Waals surface area contributed by atoms with Crippen molar-refractivity contribution in [1.82, 2.24) is 35.7 Å². The van der Waals surface area contributed by atoms with Crippen molar-refractivity contribution in [3.63, 3.8) is 0 Å². The zero-order valence-corrected chi connectivity index (χ0v) is 12.4. The highest BCUT2D eigenvalue weighted by molar-refractivity contribution is 7.98. The van der Waals surface area contributed by atoms with E-state index in [0.717, 1.165) is 24.1 Å². The van der Waals surface area contributed by atoms with Gasteiger partial charge in [-0.1, -0.05) is 16.9 Å². The van der Waals surface area contributed by atoms with E-state index in [0.29, 0.717) is 23.6 Å². The Morgan fingerprint density at radius 1 is 1.29 bits per heavy atom. The van der Waals surface area contributed by atoms with Gasteiger partial charge in [0, 0.05) is 18.5 Å². The van der Waals surface area contributed by atoms with Gasteiger partial charge in [0.2, 0.25) is 11.0 Å². The first-order valence-corrected chi connectivity index (χ1v) is 8.32. The number of hydrogen-bond donors (Lipinski definition) is 1. The molecule has 2 aliphatic rings. The topological polar surface area (TPSA) is 94.5 Å². The average molecular weight is 307 g/mol. The minimum absolute atomic E-state index is 0.520. The van der Waals surface area contributed by atoms with Crippen LogP contribution in [0.5, 0.6) is 0 Å². The largest absolute Gasteiger partial charge is 0.338 e. The SMILES string of the molecule is C(Cn1nnnc1SCc1nc(C2CC2)no1)NC1CC1. The molecule has 2 saturated carbocycles. The summed E-state index contributed by atoms with van der Waals surface area (Å²) in [6.45, 7) is 1.68. The third kappa shape index (κ3) is 3.41. The van der Waals surface area contributed by atoms with E-state index in [1.165, 1.54) is 37.4 Å². The van der Waals surface area contributed by atoms with Crippen LogP contribution in [0, 0.1) is 0 Å². The van der Waals surface area contributed by atoms with Gasteiger partial charge in [0.15, 0.2) is 5.82 Å². The van der Waals surface area contributed by atoms with E-state index in [2.05, 4.69) is 31.0 Å². The summed E-state index contributed by atoms with van der Waals surface area (Å²) in [5.74, 6) is 2.62. The molecule has 0 aliphatic heterocycles. The van der Waals surface area contributed by atoms with Crippen molar-refractivity contribution in [1.29, 1.82) is 0 Å². The normalized spacial score (nSPS) is 18.3. The van der Waals surface area contributed by atoms with Crippen LogP contribution in [0.1, 0.15) is 43.3 Å². The number of aromatic nitrogens is 6. The first-order valence-electron chi connectivity index (χ1n) is 7.33. The van der Waals surface area contributed by atoms with Gasteiger partial charge in [-0.25, -0.2) is 4.68 Å². The second-order valence-corrected chi connectivity index (χ2v) is 6.46. The Hall–Kier alpha value is -1.48. The molecule has 0 atom stereocenters. The standard InChI is InChI=1S/C12H17N7OS/c1-2-8(1)11-14-10(20-16-11)7-21-12-15-17-18-19(12)6-5-13-9-3-4-9/h8-9,13H,1-7H2. The molecule has 21 heavy (non-hydrogen) atoms. The van der Waals surface area contributed by atoms with Gasteiger partial charge in [-0.05, 0) is 36.1 Å². The zero-order valence-electron chi connectivity index (χ0n) is 11.6. The summed E-state index contributed by atoms with van der Waals surface area (Å²) in [5.41, 5.74) is 0. The minimum atomic E-state index is 0.520. The molecule has 0 spiro atoms. The van der Waals surface area contributed by atoms with Crippen LogP contribution in [0.25, 0.3) is 0 Å². The summed E-state index contributed by atoms with van der Waals surface area (Å²) in [4.78, 5) is 4.41. The Labute approximate surface area is 126 Å². The Morgan fingerprint density at radius 3 is 3.00 bits per heavy atom. The number of hydrogen-bond acceptors (Lipinski definition) is 8. The minimum Gasteiger partial charge on any atom is -0.338 e. The van der Waals surface area contributed by atoms with Crippen LogP contribution in [-0.4, -0.2) is 42.9 Å². The van der Waals surface area contributed by atoms with Gasteiger partial charge in [0.05, 0.1) is 12.3 Å². The second-order valence-electron chi connectivity index (χ2n) is 5.52. The third-order valence-electron chi connectivity index (χ3n) is 3.58. The van der Waals surface area contributed by atoms with Crippen LogP contribution >= 0.6 is 11.8 Å². The number of rotatable bonds is 8.